The van der Waals surface area contributed by atoms with Crippen LogP contribution in [-0.2, 0) is 14.3 Å². The number of carbonyl (C=O) groups excluding carboxylic acids is 1. The van der Waals surface area contributed by atoms with E-state index in [1.165, 1.54) is 0 Å². The van der Waals surface area contributed by atoms with Crippen molar-refractivity contribution in [2.24, 2.45) is 0 Å². The van der Waals surface area contributed by atoms with E-state index in [0.29, 0.717) is 13.0 Å². The SMILES string of the molecule is COCCC(C)(O)CNC(=O)COC1(C)CNC1. The van der Waals surface area contributed by atoms with Gasteiger partial charge in [0.05, 0.1) is 11.2 Å². The molecule has 1 saturated heterocycles. The summed E-state index contributed by atoms with van der Waals surface area (Å²) < 4.78 is 10.4. The quantitative estimate of drug-likeness (QED) is 0.536. The molecule has 18 heavy (non-hydrogen) atoms. The van der Waals surface area contributed by atoms with Gasteiger partial charge in [0.1, 0.15) is 6.61 Å². The molecule has 106 valence electrons. The Labute approximate surface area is 108 Å². The molecule has 1 unspecified atom stereocenters. The van der Waals surface area contributed by atoms with E-state index in [-0.39, 0.29) is 24.7 Å². The Hall–Kier alpha value is -0.690. The fourth-order valence-corrected chi connectivity index (χ4v) is 1.57. The first kappa shape index (κ1) is 15.4. The van der Waals surface area contributed by atoms with E-state index in [0.717, 1.165) is 13.1 Å². The Bertz CT molecular complexity index is 277. The van der Waals surface area contributed by atoms with Gasteiger partial charge in [0.15, 0.2) is 0 Å². The number of carbonyl (C=O) groups is 1. The van der Waals surface area contributed by atoms with Gasteiger partial charge in [-0.25, -0.2) is 0 Å². The van der Waals surface area contributed by atoms with Gasteiger partial charge in [-0.15, -0.1) is 0 Å². The van der Waals surface area contributed by atoms with E-state index in [1.807, 2.05) is 6.92 Å². The molecule has 0 aromatic heterocycles. The summed E-state index contributed by atoms with van der Waals surface area (Å²) in [6, 6.07) is 0. The van der Waals surface area contributed by atoms with Crippen LogP contribution in [0.4, 0.5) is 0 Å². The lowest BCUT2D eigenvalue weighted by Crippen LogP contribution is -2.59. The largest absolute Gasteiger partial charge is 0.388 e. The van der Waals surface area contributed by atoms with Gasteiger partial charge in [-0.2, -0.15) is 0 Å². The minimum absolute atomic E-state index is 0.0263. The topological polar surface area (TPSA) is 79.8 Å². The number of methoxy groups -OCH3 is 1. The molecular formula is C12H24N2O4. The molecule has 1 fully saturated rings. The van der Waals surface area contributed by atoms with Crippen molar-refractivity contribution in [3.8, 4) is 0 Å². The van der Waals surface area contributed by atoms with Gasteiger partial charge < -0.3 is 25.2 Å². The van der Waals surface area contributed by atoms with Crippen LogP contribution in [0.1, 0.15) is 20.3 Å². The van der Waals surface area contributed by atoms with Gasteiger partial charge in [0.25, 0.3) is 0 Å². The third kappa shape index (κ3) is 5.30. The second-order valence-corrected chi connectivity index (χ2v) is 5.36. The summed E-state index contributed by atoms with van der Waals surface area (Å²) in [5.41, 5.74) is -1.18. The van der Waals surface area contributed by atoms with Crippen LogP contribution in [-0.4, -0.2) is 62.2 Å². The Kier molecular flexibility index (Phi) is 5.52. The first-order valence-corrected chi connectivity index (χ1v) is 6.20. The maximum absolute atomic E-state index is 11.6. The number of nitrogens with one attached hydrogen (secondary N) is 2. The zero-order chi connectivity index (χ0) is 13.6. The van der Waals surface area contributed by atoms with Gasteiger partial charge in [-0.1, -0.05) is 0 Å². The van der Waals surface area contributed by atoms with E-state index < -0.39 is 5.60 Å². The Morgan fingerprint density at radius 1 is 1.56 bits per heavy atom. The third-order valence-electron chi connectivity index (χ3n) is 3.06. The molecule has 3 N–H and O–H groups in total. The number of rotatable bonds is 8. The van der Waals surface area contributed by atoms with E-state index in [1.54, 1.807) is 14.0 Å². The molecule has 1 amide bonds. The lowest BCUT2D eigenvalue weighted by Gasteiger charge is -2.38. The van der Waals surface area contributed by atoms with Crippen LogP contribution >= 0.6 is 0 Å². The number of ether oxygens (including phenoxy) is 2. The second kappa shape index (κ2) is 6.47. The Balaban J connectivity index is 2.15. The monoisotopic (exact) mass is 260 g/mol. The zero-order valence-corrected chi connectivity index (χ0v) is 11.4. The van der Waals surface area contributed by atoms with E-state index in [9.17, 15) is 9.90 Å². The number of aliphatic hydroxyl groups is 1. The fraction of sp³-hybridized carbons (Fsp3) is 0.917. The van der Waals surface area contributed by atoms with Crippen molar-refractivity contribution in [2.75, 3.05) is 40.0 Å². The van der Waals surface area contributed by atoms with Crippen molar-refractivity contribution < 1.29 is 19.4 Å². The summed E-state index contributed by atoms with van der Waals surface area (Å²) in [7, 11) is 1.58. The molecule has 0 aromatic rings. The van der Waals surface area contributed by atoms with Crippen LogP contribution in [0.25, 0.3) is 0 Å². The molecule has 0 aliphatic carbocycles. The van der Waals surface area contributed by atoms with Crippen molar-refractivity contribution in [3.63, 3.8) is 0 Å². The van der Waals surface area contributed by atoms with Crippen molar-refractivity contribution in [2.45, 2.75) is 31.5 Å². The fourth-order valence-electron chi connectivity index (χ4n) is 1.57. The number of hydrogen-bond acceptors (Lipinski definition) is 5. The van der Waals surface area contributed by atoms with Crippen molar-refractivity contribution in [1.82, 2.24) is 10.6 Å². The minimum atomic E-state index is -0.951. The zero-order valence-electron chi connectivity index (χ0n) is 11.4. The highest BCUT2D eigenvalue weighted by atomic mass is 16.5. The van der Waals surface area contributed by atoms with Crippen molar-refractivity contribution in [1.29, 1.82) is 0 Å². The highest BCUT2D eigenvalue weighted by Gasteiger charge is 2.33. The molecule has 0 radical (unpaired) electrons. The summed E-state index contributed by atoms with van der Waals surface area (Å²) in [6.45, 7) is 5.86. The molecule has 6 nitrogen and oxygen atoms in total. The average Bonchev–Trinajstić information content (AvgIpc) is 2.29. The molecule has 1 aliphatic rings. The molecule has 0 spiro atoms. The molecule has 1 heterocycles. The molecule has 0 saturated carbocycles. The highest BCUT2D eigenvalue weighted by molar-refractivity contribution is 5.77. The van der Waals surface area contributed by atoms with Crippen molar-refractivity contribution in [3.05, 3.63) is 0 Å². The molecule has 0 bridgehead atoms. The maximum atomic E-state index is 11.6. The smallest absolute Gasteiger partial charge is 0.246 e. The van der Waals surface area contributed by atoms with Crippen LogP contribution in [0.3, 0.4) is 0 Å². The maximum Gasteiger partial charge on any atom is 0.246 e. The van der Waals surface area contributed by atoms with Crippen LogP contribution in [0.15, 0.2) is 0 Å². The number of hydrogen-bond donors (Lipinski definition) is 3. The molecule has 0 aromatic carbocycles. The van der Waals surface area contributed by atoms with Crippen LogP contribution in [0, 0.1) is 0 Å². The summed E-state index contributed by atoms with van der Waals surface area (Å²) in [6.07, 6.45) is 0.478. The van der Waals surface area contributed by atoms with Crippen LogP contribution < -0.4 is 10.6 Å². The second-order valence-electron chi connectivity index (χ2n) is 5.36. The molecule has 6 heteroatoms. The summed E-state index contributed by atoms with van der Waals surface area (Å²) in [5.74, 6) is -0.208. The van der Waals surface area contributed by atoms with Gasteiger partial charge in [0.2, 0.25) is 5.91 Å². The summed E-state index contributed by atoms with van der Waals surface area (Å²) in [4.78, 5) is 11.6. The third-order valence-corrected chi connectivity index (χ3v) is 3.06. The van der Waals surface area contributed by atoms with E-state index in [4.69, 9.17) is 9.47 Å². The lowest BCUT2D eigenvalue weighted by atomic mass is 10.0. The minimum Gasteiger partial charge on any atom is -0.388 e. The first-order valence-electron chi connectivity index (χ1n) is 6.20. The van der Waals surface area contributed by atoms with Crippen LogP contribution in [0.2, 0.25) is 0 Å². The standard InChI is InChI=1S/C12H24N2O4/c1-11(16,4-5-17-3)7-14-10(15)6-18-12(2)8-13-9-12/h13,16H,4-9H2,1-3H3,(H,14,15). The number of amides is 1. The summed E-state index contributed by atoms with van der Waals surface area (Å²) >= 11 is 0. The van der Waals surface area contributed by atoms with E-state index in [2.05, 4.69) is 10.6 Å². The molecule has 1 aliphatic heterocycles. The van der Waals surface area contributed by atoms with Crippen molar-refractivity contribution >= 4 is 5.91 Å². The first-order chi connectivity index (χ1) is 8.37. The summed E-state index contributed by atoms with van der Waals surface area (Å²) in [5, 5.41) is 15.7. The lowest BCUT2D eigenvalue weighted by molar-refractivity contribution is -0.137. The highest BCUT2D eigenvalue weighted by Crippen LogP contribution is 2.14. The van der Waals surface area contributed by atoms with Gasteiger partial charge in [-0.3, -0.25) is 4.79 Å². The Morgan fingerprint density at radius 3 is 2.72 bits per heavy atom. The predicted molar refractivity (Wildman–Crippen MR) is 67.4 cm³/mol. The molecule has 1 atom stereocenters. The normalized spacial score (nSPS) is 20.9. The van der Waals surface area contributed by atoms with Gasteiger partial charge >= 0.3 is 0 Å². The van der Waals surface area contributed by atoms with Gasteiger partial charge in [-0.05, 0) is 13.8 Å². The predicted octanol–water partition coefficient (Wildman–Crippen LogP) is -0.731. The van der Waals surface area contributed by atoms with E-state index >= 15 is 0 Å². The molecule has 1 rings (SSSR count). The average molecular weight is 260 g/mol. The van der Waals surface area contributed by atoms with Gasteiger partial charge in [0, 0.05) is 39.8 Å². The molecular weight excluding hydrogens is 236 g/mol. The Morgan fingerprint density at radius 2 is 2.22 bits per heavy atom. The van der Waals surface area contributed by atoms with Crippen LogP contribution in [0.5, 0.6) is 0 Å².